The van der Waals surface area contributed by atoms with E-state index in [9.17, 15) is 9.59 Å². The molecule has 4 aromatic carbocycles. The smallest absolute Gasteiger partial charge is 0.240 e. The predicted molar refractivity (Wildman–Crippen MR) is 155 cm³/mol. The summed E-state index contributed by atoms with van der Waals surface area (Å²) in [5.74, 6) is 0.737. The maximum Gasteiger partial charge on any atom is 0.240 e. The van der Waals surface area contributed by atoms with Crippen molar-refractivity contribution in [1.29, 1.82) is 0 Å². The molecule has 40 heavy (non-hydrogen) atoms. The highest BCUT2D eigenvalue weighted by Gasteiger charge is 2.05. The monoisotopic (exact) mass is 534 g/mol. The van der Waals surface area contributed by atoms with E-state index in [2.05, 4.69) is 21.1 Å². The Bertz CT molecular complexity index is 1290. The summed E-state index contributed by atoms with van der Waals surface area (Å²) in [5.41, 5.74) is 8.63. The Hall–Kier alpha value is -5.24. The minimum absolute atomic E-state index is 0.0155. The highest BCUT2D eigenvalue weighted by Crippen LogP contribution is 2.14. The normalized spacial score (nSPS) is 10.9. The van der Waals surface area contributed by atoms with Crippen molar-refractivity contribution in [2.45, 2.75) is 26.1 Å². The number of carbonyl (C=O) groups excluding carboxylic acids is 2. The van der Waals surface area contributed by atoms with Gasteiger partial charge in [0.1, 0.15) is 24.7 Å². The number of hydrogen-bond donors (Lipinski definition) is 2. The number of ether oxygens (including phenoxy) is 2. The van der Waals surface area contributed by atoms with Crippen molar-refractivity contribution in [2.24, 2.45) is 10.2 Å². The van der Waals surface area contributed by atoms with Crippen molar-refractivity contribution in [2.75, 3.05) is 0 Å². The number of nitrogens with zero attached hydrogens (tertiary/aromatic N) is 2. The largest absolute Gasteiger partial charge is 0.489 e. The molecule has 0 heterocycles. The number of nitrogens with one attached hydrogen (secondary N) is 2. The minimum Gasteiger partial charge on any atom is -0.489 e. The van der Waals surface area contributed by atoms with Gasteiger partial charge in [0.2, 0.25) is 11.8 Å². The van der Waals surface area contributed by atoms with Gasteiger partial charge in [0.05, 0.1) is 12.4 Å². The van der Waals surface area contributed by atoms with Crippen LogP contribution < -0.4 is 20.3 Å². The molecule has 202 valence electrons. The summed E-state index contributed by atoms with van der Waals surface area (Å²) in [6.45, 7) is 0.975. The summed E-state index contributed by atoms with van der Waals surface area (Å²) in [6, 6.07) is 34.5. The molecule has 4 rings (SSSR count). The van der Waals surface area contributed by atoms with Gasteiger partial charge in [0, 0.05) is 12.8 Å². The first-order valence-electron chi connectivity index (χ1n) is 12.8. The maximum atomic E-state index is 12.0. The number of benzene rings is 4. The van der Waals surface area contributed by atoms with E-state index in [4.69, 9.17) is 9.47 Å². The zero-order valence-corrected chi connectivity index (χ0v) is 21.9. The second-order valence-electron chi connectivity index (χ2n) is 8.77. The van der Waals surface area contributed by atoms with E-state index in [-0.39, 0.29) is 24.7 Å². The van der Waals surface area contributed by atoms with Crippen molar-refractivity contribution in [1.82, 2.24) is 10.9 Å². The first-order valence-corrected chi connectivity index (χ1v) is 12.8. The molecule has 0 aliphatic rings. The Morgan fingerprint density at radius 3 is 1.30 bits per heavy atom. The second-order valence-corrected chi connectivity index (χ2v) is 8.77. The lowest BCUT2D eigenvalue weighted by atomic mass is 10.2. The third-order valence-corrected chi connectivity index (χ3v) is 5.64. The van der Waals surface area contributed by atoms with Crippen LogP contribution in [-0.2, 0) is 22.8 Å². The molecule has 4 aromatic rings. The summed E-state index contributed by atoms with van der Waals surface area (Å²) in [7, 11) is 0. The van der Waals surface area contributed by atoms with Gasteiger partial charge in [0.25, 0.3) is 0 Å². The number of hydrazone groups is 2. The number of amides is 2. The molecule has 0 aliphatic heterocycles. The van der Waals surface area contributed by atoms with E-state index >= 15 is 0 Å². The lowest BCUT2D eigenvalue weighted by molar-refractivity contribution is -0.126. The van der Waals surface area contributed by atoms with Crippen molar-refractivity contribution in [3.8, 4) is 11.5 Å². The zero-order chi connectivity index (χ0) is 27.8. The molecule has 2 amide bonds. The van der Waals surface area contributed by atoms with Crippen LogP contribution in [0.15, 0.2) is 119 Å². The van der Waals surface area contributed by atoms with Crippen LogP contribution in [0.2, 0.25) is 0 Å². The van der Waals surface area contributed by atoms with Gasteiger partial charge < -0.3 is 9.47 Å². The molecule has 2 N–H and O–H groups in total. The average molecular weight is 535 g/mol. The first kappa shape index (κ1) is 27.8. The molecule has 0 spiro atoms. The van der Waals surface area contributed by atoms with Crippen LogP contribution in [0.25, 0.3) is 0 Å². The Kier molecular flexibility index (Phi) is 10.6. The molecule has 0 bridgehead atoms. The molecule has 8 heteroatoms. The number of hydrogen-bond acceptors (Lipinski definition) is 6. The van der Waals surface area contributed by atoms with E-state index in [0.717, 1.165) is 33.8 Å². The molecule has 0 aliphatic carbocycles. The lowest BCUT2D eigenvalue weighted by Crippen LogP contribution is -2.22. The fraction of sp³-hybridized carbons (Fsp3) is 0.125. The number of carbonyl (C=O) groups is 2. The first-order chi connectivity index (χ1) is 19.6. The Balaban J connectivity index is 1.10. The van der Waals surface area contributed by atoms with Crippen LogP contribution in [-0.4, -0.2) is 24.2 Å². The van der Waals surface area contributed by atoms with E-state index in [1.165, 1.54) is 12.4 Å². The summed E-state index contributed by atoms with van der Waals surface area (Å²) in [4.78, 5) is 24.0. The molecule has 8 nitrogen and oxygen atoms in total. The molecule has 0 aromatic heterocycles. The molecule has 0 atom stereocenters. The molecule has 0 unspecified atom stereocenters. The standard InChI is InChI=1S/C32H30N4O4/c37-31(35-33-21-25-11-15-29(16-12-25)39-23-27-7-3-1-4-8-27)19-20-32(38)36-34-22-26-13-17-30(18-14-26)40-24-28-9-5-2-6-10-28/h1-18,21-22H,19-20,23-24H2,(H,35,37)(H,36,38)/b33-21+,34-22+. The highest BCUT2D eigenvalue weighted by atomic mass is 16.5. The predicted octanol–water partition coefficient (Wildman–Crippen LogP) is 5.23. The van der Waals surface area contributed by atoms with Gasteiger partial charge in [-0.05, 0) is 70.8 Å². The van der Waals surface area contributed by atoms with Crippen LogP contribution >= 0.6 is 0 Å². The summed E-state index contributed by atoms with van der Waals surface area (Å²) >= 11 is 0. The topological polar surface area (TPSA) is 101 Å². The minimum atomic E-state index is -0.371. The Morgan fingerprint density at radius 2 is 0.925 bits per heavy atom. The molecular formula is C32H30N4O4. The SMILES string of the molecule is O=C(CCC(=O)N/N=C/c1ccc(OCc2ccccc2)cc1)N/N=C/c1ccc(OCc2ccccc2)cc1. The second kappa shape index (κ2) is 15.2. The molecule has 0 saturated carbocycles. The fourth-order valence-electron chi connectivity index (χ4n) is 3.48. The van der Waals surface area contributed by atoms with E-state index in [1.807, 2.05) is 109 Å². The third-order valence-electron chi connectivity index (χ3n) is 5.64. The summed E-state index contributed by atoms with van der Waals surface area (Å²) in [5, 5.41) is 7.89. The lowest BCUT2D eigenvalue weighted by Gasteiger charge is -2.06. The van der Waals surface area contributed by atoms with Gasteiger partial charge in [0.15, 0.2) is 0 Å². The van der Waals surface area contributed by atoms with Gasteiger partial charge >= 0.3 is 0 Å². The van der Waals surface area contributed by atoms with Crippen molar-refractivity contribution in [3.05, 3.63) is 131 Å². The summed E-state index contributed by atoms with van der Waals surface area (Å²) < 4.78 is 11.5. The van der Waals surface area contributed by atoms with Gasteiger partial charge in [-0.15, -0.1) is 0 Å². The van der Waals surface area contributed by atoms with Crippen LogP contribution in [0.3, 0.4) is 0 Å². The van der Waals surface area contributed by atoms with E-state index < -0.39 is 0 Å². The quantitative estimate of drug-likeness (QED) is 0.181. The van der Waals surface area contributed by atoms with Crippen LogP contribution in [0.1, 0.15) is 35.1 Å². The fourth-order valence-corrected chi connectivity index (χ4v) is 3.48. The third kappa shape index (κ3) is 9.90. The van der Waals surface area contributed by atoms with E-state index in [0.29, 0.717) is 13.2 Å². The highest BCUT2D eigenvalue weighted by molar-refractivity contribution is 5.86. The molecule has 0 saturated heterocycles. The Morgan fingerprint density at radius 1 is 0.550 bits per heavy atom. The molecule has 0 radical (unpaired) electrons. The van der Waals surface area contributed by atoms with Crippen molar-refractivity contribution in [3.63, 3.8) is 0 Å². The van der Waals surface area contributed by atoms with Gasteiger partial charge in [-0.1, -0.05) is 60.7 Å². The van der Waals surface area contributed by atoms with Crippen molar-refractivity contribution < 1.29 is 19.1 Å². The molecule has 0 fully saturated rings. The maximum absolute atomic E-state index is 12.0. The van der Waals surface area contributed by atoms with E-state index in [1.54, 1.807) is 0 Å². The Labute approximate surface area is 233 Å². The molecular weight excluding hydrogens is 504 g/mol. The van der Waals surface area contributed by atoms with Gasteiger partial charge in [-0.3, -0.25) is 9.59 Å². The zero-order valence-electron chi connectivity index (χ0n) is 21.9. The van der Waals surface area contributed by atoms with Crippen LogP contribution in [0.5, 0.6) is 11.5 Å². The van der Waals surface area contributed by atoms with Gasteiger partial charge in [-0.25, -0.2) is 10.9 Å². The average Bonchev–Trinajstić information content (AvgIpc) is 3.00. The van der Waals surface area contributed by atoms with Crippen LogP contribution in [0.4, 0.5) is 0 Å². The van der Waals surface area contributed by atoms with Crippen LogP contribution in [0, 0.1) is 0 Å². The van der Waals surface area contributed by atoms with Gasteiger partial charge in [-0.2, -0.15) is 10.2 Å². The van der Waals surface area contributed by atoms with Crippen molar-refractivity contribution >= 4 is 24.2 Å². The summed E-state index contributed by atoms with van der Waals surface area (Å²) in [6.07, 6.45) is 3.03. The number of rotatable bonds is 13.